The third-order valence-electron chi connectivity index (χ3n) is 2.57. The molecule has 0 spiro atoms. The molecule has 0 radical (unpaired) electrons. The fourth-order valence-electron chi connectivity index (χ4n) is 1.78. The molecule has 0 aromatic carbocycles. The second kappa shape index (κ2) is 3.77. The van der Waals surface area contributed by atoms with Crippen molar-refractivity contribution < 1.29 is 14.7 Å². The summed E-state index contributed by atoms with van der Waals surface area (Å²) in [6.07, 6.45) is 5.07. The number of hydrogen-bond donors (Lipinski definition) is 2. The summed E-state index contributed by atoms with van der Waals surface area (Å²) in [6.45, 7) is 1.91. The van der Waals surface area contributed by atoms with Gasteiger partial charge in [-0.25, -0.2) is 4.79 Å². The lowest BCUT2D eigenvalue weighted by molar-refractivity contribution is -0.151. The van der Waals surface area contributed by atoms with Crippen LogP contribution in [-0.2, 0) is 9.59 Å². The maximum absolute atomic E-state index is 10.9. The van der Waals surface area contributed by atoms with Crippen LogP contribution in [0.3, 0.4) is 0 Å². The van der Waals surface area contributed by atoms with Crippen molar-refractivity contribution >= 4 is 11.9 Å². The maximum Gasteiger partial charge on any atom is 0.394 e. The lowest BCUT2D eigenvalue weighted by atomic mass is 9.83. The molecule has 1 fully saturated rings. The molecule has 0 aromatic rings. The molecule has 0 heterocycles. The predicted molar refractivity (Wildman–Crippen MR) is 47.3 cm³/mol. The largest absolute Gasteiger partial charge is 0.474 e. The van der Waals surface area contributed by atoms with E-state index in [2.05, 4.69) is 5.32 Å². The Kier molecular flexibility index (Phi) is 2.90. The molecule has 1 rings (SSSR count). The summed E-state index contributed by atoms with van der Waals surface area (Å²) >= 11 is 0. The Morgan fingerprint density at radius 2 is 1.77 bits per heavy atom. The van der Waals surface area contributed by atoms with Crippen LogP contribution >= 0.6 is 0 Å². The Labute approximate surface area is 77.3 Å². The molecule has 0 bridgehead atoms. The Hall–Kier alpha value is -1.06. The van der Waals surface area contributed by atoms with Crippen LogP contribution in [0.2, 0.25) is 0 Å². The lowest BCUT2D eigenvalue weighted by Gasteiger charge is -2.33. The number of carbonyl (C=O) groups is 2. The van der Waals surface area contributed by atoms with Crippen molar-refractivity contribution in [3.05, 3.63) is 0 Å². The van der Waals surface area contributed by atoms with E-state index in [-0.39, 0.29) is 5.54 Å². The van der Waals surface area contributed by atoms with Crippen molar-refractivity contribution in [2.75, 3.05) is 0 Å². The number of nitrogens with one attached hydrogen (secondary N) is 1. The van der Waals surface area contributed by atoms with Gasteiger partial charge < -0.3 is 10.4 Å². The quantitative estimate of drug-likeness (QED) is 0.597. The molecule has 1 amide bonds. The molecule has 4 nitrogen and oxygen atoms in total. The highest BCUT2D eigenvalue weighted by Gasteiger charge is 2.30. The second-order valence-electron chi connectivity index (χ2n) is 3.88. The number of rotatable bonds is 1. The van der Waals surface area contributed by atoms with E-state index < -0.39 is 11.9 Å². The van der Waals surface area contributed by atoms with Gasteiger partial charge in [-0.05, 0) is 19.8 Å². The topological polar surface area (TPSA) is 66.4 Å². The summed E-state index contributed by atoms with van der Waals surface area (Å²) in [5.41, 5.74) is -0.298. The Morgan fingerprint density at radius 3 is 2.23 bits per heavy atom. The summed E-state index contributed by atoms with van der Waals surface area (Å²) in [5, 5.41) is 11.0. The van der Waals surface area contributed by atoms with Gasteiger partial charge in [-0.15, -0.1) is 0 Å². The van der Waals surface area contributed by atoms with Crippen LogP contribution in [0.25, 0.3) is 0 Å². The highest BCUT2D eigenvalue weighted by Crippen LogP contribution is 2.27. The molecule has 2 N–H and O–H groups in total. The Bertz CT molecular complexity index is 219. The fourth-order valence-corrected chi connectivity index (χ4v) is 1.78. The average molecular weight is 185 g/mol. The summed E-state index contributed by atoms with van der Waals surface area (Å²) < 4.78 is 0. The van der Waals surface area contributed by atoms with E-state index in [0.717, 1.165) is 25.7 Å². The van der Waals surface area contributed by atoms with Gasteiger partial charge >= 0.3 is 11.9 Å². The molecule has 0 unspecified atom stereocenters. The molecule has 0 aliphatic heterocycles. The molecule has 0 aromatic heterocycles. The van der Waals surface area contributed by atoms with Crippen molar-refractivity contribution in [3.63, 3.8) is 0 Å². The van der Waals surface area contributed by atoms with Gasteiger partial charge in [0.2, 0.25) is 0 Å². The third kappa shape index (κ3) is 2.72. The zero-order valence-electron chi connectivity index (χ0n) is 7.80. The highest BCUT2D eigenvalue weighted by molar-refractivity contribution is 6.31. The molecule has 4 heteroatoms. The Balaban J connectivity index is 2.50. The monoisotopic (exact) mass is 185 g/mol. The summed E-state index contributed by atoms with van der Waals surface area (Å²) in [5.74, 6) is -2.28. The van der Waals surface area contributed by atoms with Crippen LogP contribution in [-0.4, -0.2) is 22.5 Å². The van der Waals surface area contributed by atoms with Crippen LogP contribution in [0.15, 0.2) is 0 Å². The molecule has 0 atom stereocenters. The van der Waals surface area contributed by atoms with Crippen molar-refractivity contribution in [2.45, 2.75) is 44.6 Å². The first-order chi connectivity index (χ1) is 6.03. The van der Waals surface area contributed by atoms with E-state index in [1.807, 2.05) is 6.92 Å². The molecule has 0 saturated heterocycles. The normalized spacial score (nSPS) is 20.7. The van der Waals surface area contributed by atoms with E-state index in [0.29, 0.717) is 0 Å². The number of aliphatic carboxylic acids is 1. The van der Waals surface area contributed by atoms with Crippen molar-refractivity contribution in [2.24, 2.45) is 0 Å². The van der Waals surface area contributed by atoms with E-state index in [9.17, 15) is 9.59 Å². The van der Waals surface area contributed by atoms with E-state index in [1.54, 1.807) is 0 Å². The van der Waals surface area contributed by atoms with E-state index in [4.69, 9.17) is 5.11 Å². The van der Waals surface area contributed by atoms with Crippen molar-refractivity contribution in [1.29, 1.82) is 0 Å². The van der Waals surface area contributed by atoms with Gasteiger partial charge in [-0.3, -0.25) is 4.79 Å². The minimum absolute atomic E-state index is 0.298. The lowest BCUT2D eigenvalue weighted by Crippen LogP contribution is -2.49. The number of hydrogen-bond acceptors (Lipinski definition) is 2. The molecule has 74 valence electrons. The summed E-state index contributed by atoms with van der Waals surface area (Å²) in [7, 11) is 0. The van der Waals surface area contributed by atoms with Crippen LogP contribution in [0.1, 0.15) is 39.0 Å². The van der Waals surface area contributed by atoms with Crippen LogP contribution in [0.4, 0.5) is 0 Å². The van der Waals surface area contributed by atoms with E-state index >= 15 is 0 Å². The van der Waals surface area contributed by atoms with Gasteiger partial charge in [0.15, 0.2) is 0 Å². The molecule has 1 aliphatic carbocycles. The standard InChI is InChI=1S/C9H15NO3/c1-9(5-3-2-4-6-9)10-7(11)8(12)13/h2-6H2,1H3,(H,10,11)(H,12,13). The fraction of sp³-hybridized carbons (Fsp3) is 0.778. The molecule has 1 aliphatic rings. The first kappa shape index (κ1) is 10.0. The van der Waals surface area contributed by atoms with Gasteiger partial charge in [-0.2, -0.15) is 0 Å². The van der Waals surface area contributed by atoms with Crippen LogP contribution < -0.4 is 5.32 Å². The smallest absolute Gasteiger partial charge is 0.394 e. The minimum atomic E-state index is -1.40. The van der Waals surface area contributed by atoms with Gasteiger partial charge in [0, 0.05) is 5.54 Å². The van der Waals surface area contributed by atoms with Gasteiger partial charge in [0.25, 0.3) is 0 Å². The first-order valence-corrected chi connectivity index (χ1v) is 4.59. The van der Waals surface area contributed by atoms with Crippen molar-refractivity contribution in [1.82, 2.24) is 5.32 Å². The minimum Gasteiger partial charge on any atom is -0.474 e. The number of carboxylic acids is 1. The SMILES string of the molecule is CC1(NC(=O)C(=O)O)CCCCC1. The van der Waals surface area contributed by atoms with Crippen LogP contribution in [0, 0.1) is 0 Å². The number of carbonyl (C=O) groups excluding carboxylic acids is 1. The summed E-state index contributed by atoms with van der Waals surface area (Å²) in [6, 6.07) is 0. The number of amides is 1. The Morgan fingerprint density at radius 1 is 1.23 bits per heavy atom. The first-order valence-electron chi connectivity index (χ1n) is 4.59. The maximum atomic E-state index is 10.9. The number of carboxylic acid groups (broad SMARTS) is 1. The van der Waals surface area contributed by atoms with Crippen LogP contribution in [0.5, 0.6) is 0 Å². The third-order valence-corrected chi connectivity index (χ3v) is 2.57. The highest BCUT2D eigenvalue weighted by atomic mass is 16.4. The second-order valence-corrected chi connectivity index (χ2v) is 3.88. The molecule has 1 saturated carbocycles. The zero-order valence-corrected chi connectivity index (χ0v) is 7.80. The average Bonchev–Trinajstić information content (AvgIpc) is 2.04. The zero-order chi connectivity index (χ0) is 9.90. The van der Waals surface area contributed by atoms with E-state index in [1.165, 1.54) is 6.42 Å². The van der Waals surface area contributed by atoms with Gasteiger partial charge in [0.1, 0.15) is 0 Å². The van der Waals surface area contributed by atoms with Gasteiger partial charge in [-0.1, -0.05) is 19.3 Å². The van der Waals surface area contributed by atoms with Crippen molar-refractivity contribution in [3.8, 4) is 0 Å². The van der Waals surface area contributed by atoms with Gasteiger partial charge in [0.05, 0.1) is 0 Å². The summed E-state index contributed by atoms with van der Waals surface area (Å²) in [4.78, 5) is 21.2. The predicted octanol–water partition coefficient (Wildman–Crippen LogP) is 0.910. The molecular weight excluding hydrogens is 170 g/mol. The molecular formula is C9H15NO3. The molecule has 13 heavy (non-hydrogen) atoms.